The molecule has 0 spiro atoms. The molecule has 0 saturated carbocycles. The summed E-state index contributed by atoms with van der Waals surface area (Å²) in [5, 5.41) is -0.0140. The third-order valence-electron chi connectivity index (χ3n) is 4.38. The third-order valence-corrected chi connectivity index (χ3v) is 4.38. The van der Waals surface area contributed by atoms with E-state index in [1.807, 2.05) is 15.7 Å². The van der Waals surface area contributed by atoms with Crippen molar-refractivity contribution in [3.05, 3.63) is 23.3 Å². The highest BCUT2D eigenvalue weighted by Crippen LogP contribution is 2.48. The van der Waals surface area contributed by atoms with Crippen LogP contribution < -0.4 is 15.2 Å². The first-order valence-electron chi connectivity index (χ1n) is 6.54. The molecule has 18 heavy (non-hydrogen) atoms. The zero-order chi connectivity index (χ0) is 13.3. The van der Waals surface area contributed by atoms with Crippen LogP contribution in [0.5, 0.6) is 11.5 Å². The molecule has 2 unspecified atom stereocenters. The average Bonchev–Trinajstić information content (AvgIpc) is 2.64. The lowest BCUT2D eigenvalue weighted by atomic mass is 9.48. The average molecular weight is 236 g/mol. The maximum absolute atomic E-state index is 6.34. The molecule has 2 N–H and O–H groups in total. The van der Waals surface area contributed by atoms with Crippen LogP contribution in [0.1, 0.15) is 16.9 Å². The largest absolute Gasteiger partial charge is 0.467 e. The normalized spacial score (nSPS) is 30.1. The molecule has 0 aromatic heterocycles. The standard InChI is InChI=1S/C10H16B5NO2/c11-7-3-1-5-6(18-10(14,15)17-5)2-4(3)9(12,13)8(7)16/h1-2,7-8H,11-16H2. The van der Waals surface area contributed by atoms with Crippen molar-refractivity contribution >= 4 is 39.2 Å². The van der Waals surface area contributed by atoms with Gasteiger partial charge in [0.1, 0.15) is 23.5 Å². The first kappa shape index (κ1) is 12.2. The summed E-state index contributed by atoms with van der Waals surface area (Å²) in [5.41, 5.74) is 8.37. The maximum atomic E-state index is 6.34. The molecule has 3 nitrogen and oxygen atoms in total. The number of benzene rings is 1. The summed E-state index contributed by atoms with van der Waals surface area (Å²) in [6.07, 6.45) is 0. The molecule has 0 fully saturated rings. The predicted octanol–water partition coefficient (Wildman–Crippen LogP) is -4.23. The zero-order valence-corrected chi connectivity index (χ0v) is 11.7. The van der Waals surface area contributed by atoms with Crippen LogP contribution >= 0.6 is 0 Å². The van der Waals surface area contributed by atoms with Gasteiger partial charge in [0.2, 0.25) is 0 Å². The molecule has 2 atom stereocenters. The summed E-state index contributed by atoms with van der Waals surface area (Å²) in [6, 6.07) is 4.37. The van der Waals surface area contributed by atoms with Gasteiger partial charge in [-0.2, -0.15) is 0 Å². The van der Waals surface area contributed by atoms with E-state index >= 15 is 0 Å². The van der Waals surface area contributed by atoms with Crippen LogP contribution in [-0.2, 0) is 5.21 Å². The molecule has 0 bridgehead atoms. The van der Waals surface area contributed by atoms with E-state index in [9.17, 15) is 0 Å². The van der Waals surface area contributed by atoms with Crippen molar-refractivity contribution in [2.24, 2.45) is 5.73 Å². The third kappa shape index (κ3) is 1.48. The minimum absolute atomic E-state index is 0.0140. The van der Waals surface area contributed by atoms with E-state index in [-0.39, 0.29) is 11.3 Å². The summed E-state index contributed by atoms with van der Waals surface area (Å²) >= 11 is 0. The number of fused-ring (bicyclic) bond motifs is 2. The van der Waals surface area contributed by atoms with Crippen molar-refractivity contribution in [3.63, 3.8) is 0 Å². The van der Waals surface area contributed by atoms with Gasteiger partial charge in [0.05, 0.1) is 0 Å². The van der Waals surface area contributed by atoms with E-state index in [1.165, 1.54) is 11.1 Å². The zero-order valence-electron chi connectivity index (χ0n) is 11.7. The van der Waals surface area contributed by atoms with Crippen LogP contribution in [-0.4, -0.2) is 50.9 Å². The number of hydrogen-bond acceptors (Lipinski definition) is 3. The van der Waals surface area contributed by atoms with E-state index in [0.717, 1.165) is 11.5 Å². The van der Waals surface area contributed by atoms with Crippen molar-refractivity contribution in [1.82, 2.24) is 0 Å². The molecule has 0 saturated heterocycles. The minimum atomic E-state index is -0.563. The lowest BCUT2D eigenvalue weighted by molar-refractivity contribution is 0.0833. The second-order valence-electron chi connectivity index (χ2n) is 6.53. The fourth-order valence-corrected chi connectivity index (χ4v) is 3.22. The molecule has 2 aliphatic rings. The van der Waals surface area contributed by atoms with Crippen LogP contribution in [0.2, 0.25) is 0 Å². The van der Waals surface area contributed by atoms with Gasteiger partial charge in [0.15, 0.2) is 32.8 Å². The number of rotatable bonds is 0. The van der Waals surface area contributed by atoms with Crippen LogP contribution in [0, 0.1) is 0 Å². The molecule has 3 rings (SSSR count). The Kier molecular flexibility index (Phi) is 2.26. The summed E-state index contributed by atoms with van der Waals surface area (Å²) in [7, 11) is 10.4. The lowest BCUT2D eigenvalue weighted by Gasteiger charge is -2.27. The SMILES string of the molecule is BC1c2cc3c(cc2C(B)(B)C1N)OC(B)(B)O3. The van der Waals surface area contributed by atoms with Crippen molar-refractivity contribution in [2.75, 3.05) is 0 Å². The summed E-state index contributed by atoms with van der Waals surface area (Å²) in [5.74, 6) is 2.04. The highest BCUT2D eigenvalue weighted by Gasteiger charge is 2.44. The first-order valence-corrected chi connectivity index (χ1v) is 6.54. The van der Waals surface area contributed by atoms with Crippen LogP contribution in [0.25, 0.3) is 0 Å². The second-order valence-corrected chi connectivity index (χ2v) is 6.53. The number of ether oxygens (including phenoxy) is 2. The molecule has 0 radical (unpaired) electrons. The molecule has 1 aliphatic carbocycles. The quantitative estimate of drug-likeness (QED) is 0.464. The number of hydrogen-bond donors (Lipinski definition) is 1. The monoisotopic (exact) mass is 237 g/mol. The van der Waals surface area contributed by atoms with Gasteiger partial charge in [-0.1, -0.05) is 0 Å². The lowest BCUT2D eigenvalue weighted by Crippen LogP contribution is -2.45. The van der Waals surface area contributed by atoms with Gasteiger partial charge in [-0.25, -0.2) is 0 Å². The van der Waals surface area contributed by atoms with Crippen LogP contribution in [0.15, 0.2) is 12.1 Å². The van der Waals surface area contributed by atoms with E-state index in [2.05, 4.69) is 35.7 Å². The van der Waals surface area contributed by atoms with Gasteiger partial charge in [-0.3, -0.25) is 0 Å². The highest BCUT2D eigenvalue weighted by atomic mass is 16.7. The van der Waals surface area contributed by atoms with Gasteiger partial charge in [0.25, 0.3) is 0 Å². The van der Waals surface area contributed by atoms with Crippen LogP contribution in [0.4, 0.5) is 0 Å². The molecule has 1 aromatic carbocycles. The molecule has 1 aliphatic heterocycles. The summed E-state index contributed by atoms with van der Waals surface area (Å²) in [6.45, 7) is 0. The van der Waals surface area contributed by atoms with Crippen molar-refractivity contribution < 1.29 is 9.47 Å². The van der Waals surface area contributed by atoms with Gasteiger partial charge in [-0.05, 0) is 40.3 Å². The first-order chi connectivity index (χ1) is 8.22. The van der Waals surface area contributed by atoms with Gasteiger partial charge >= 0.3 is 0 Å². The smallest absolute Gasteiger partial charge is 0.197 e. The Morgan fingerprint density at radius 2 is 1.61 bits per heavy atom. The second kappa shape index (κ2) is 3.35. The molecule has 1 heterocycles. The fraction of sp³-hybridized carbons (Fsp3) is 0.400. The Bertz CT molecular complexity index is 533. The molecule has 88 valence electrons. The highest BCUT2D eigenvalue weighted by molar-refractivity contribution is 6.42. The fourth-order valence-electron chi connectivity index (χ4n) is 3.22. The molecule has 0 amide bonds. The van der Waals surface area contributed by atoms with Crippen LogP contribution in [0.3, 0.4) is 0 Å². The Morgan fingerprint density at radius 1 is 1.06 bits per heavy atom. The predicted molar refractivity (Wildman–Crippen MR) is 85.5 cm³/mol. The Morgan fingerprint density at radius 3 is 2.22 bits per heavy atom. The van der Waals surface area contributed by atoms with E-state index in [4.69, 9.17) is 15.2 Å². The Labute approximate surface area is 112 Å². The van der Waals surface area contributed by atoms with Gasteiger partial charge in [0, 0.05) is 0 Å². The van der Waals surface area contributed by atoms with Gasteiger partial charge in [-0.15, -0.1) is 0 Å². The van der Waals surface area contributed by atoms with Crippen molar-refractivity contribution in [3.8, 4) is 11.5 Å². The Balaban J connectivity index is 2.15. The van der Waals surface area contributed by atoms with E-state index in [0.29, 0.717) is 5.82 Å². The van der Waals surface area contributed by atoms with Crippen molar-refractivity contribution in [1.29, 1.82) is 0 Å². The molecular formula is C10H16B5NO2. The molecule has 8 heteroatoms. The molecule has 1 aromatic rings. The van der Waals surface area contributed by atoms with E-state index in [1.54, 1.807) is 0 Å². The maximum Gasteiger partial charge on any atom is 0.197 e. The summed E-state index contributed by atoms with van der Waals surface area (Å²) in [4.78, 5) is 0. The summed E-state index contributed by atoms with van der Waals surface area (Å²) < 4.78 is 11.6. The minimum Gasteiger partial charge on any atom is -0.467 e. The Hall–Kier alpha value is -0.895. The molecular weight excluding hydrogens is 220 g/mol. The van der Waals surface area contributed by atoms with Crippen molar-refractivity contribution in [2.45, 2.75) is 22.7 Å². The van der Waals surface area contributed by atoms with Gasteiger partial charge < -0.3 is 15.2 Å². The topological polar surface area (TPSA) is 44.5 Å². The van der Waals surface area contributed by atoms with E-state index < -0.39 is 5.59 Å². The number of nitrogens with two attached hydrogens (primary N) is 1.